The molecule has 0 saturated carbocycles. The van der Waals surface area contributed by atoms with Crippen molar-refractivity contribution >= 4 is 28.2 Å². The van der Waals surface area contributed by atoms with Gasteiger partial charge in [0.1, 0.15) is 0 Å². The van der Waals surface area contributed by atoms with Gasteiger partial charge in [-0.25, -0.2) is 0 Å². The fourth-order valence-electron chi connectivity index (χ4n) is 2.73. The van der Waals surface area contributed by atoms with E-state index in [-0.39, 0.29) is 5.54 Å². The molecule has 1 fully saturated rings. The first kappa shape index (κ1) is 12.7. The Morgan fingerprint density at radius 2 is 2.16 bits per heavy atom. The zero-order valence-corrected chi connectivity index (χ0v) is 12.0. The van der Waals surface area contributed by atoms with Crippen LogP contribution in [0, 0.1) is 0 Å². The number of rotatable bonds is 1. The number of nitrogens with one attached hydrogen (secondary N) is 1. The Kier molecular flexibility index (Phi) is 3.11. The Morgan fingerprint density at radius 1 is 1.32 bits per heavy atom. The van der Waals surface area contributed by atoms with Crippen molar-refractivity contribution in [1.82, 2.24) is 10.3 Å². The van der Waals surface area contributed by atoms with Crippen LogP contribution in [-0.2, 0) is 0 Å². The van der Waals surface area contributed by atoms with Gasteiger partial charge in [0.05, 0.1) is 5.52 Å². The smallest absolute Gasteiger partial charge is 0.0737 e. The lowest BCUT2D eigenvalue weighted by molar-refractivity contribution is 0.353. The van der Waals surface area contributed by atoms with E-state index in [1.54, 1.807) is 0 Å². The highest BCUT2D eigenvalue weighted by atomic mass is 35.5. The maximum atomic E-state index is 6.04. The Labute approximate surface area is 118 Å². The minimum atomic E-state index is 0.139. The summed E-state index contributed by atoms with van der Waals surface area (Å²) in [5.41, 5.74) is 2.35. The molecule has 100 valence electrons. The molecule has 1 aliphatic rings. The van der Waals surface area contributed by atoms with Crippen LogP contribution < -0.4 is 10.2 Å². The number of nitrogens with zero attached hydrogens (tertiary/aromatic N) is 2. The van der Waals surface area contributed by atoms with E-state index in [1.165, 1.54) is 11.1 Å². The lowest BCUT2D eigenvalue weighted by Crippen LogP contribution is -2.57. The van der Waals surface area contributed by atoms with Crippen molar-refractivity contribution in [3.8, 4) is 0 Å². The molecular formula is C15H18ClN3. The molecule has 0 bridgehead atoms. The van der Waals surface area contributed by atoms with Gasteiger partial charge in [0, 0.05) is 47.5 Å². The molecule has 3 nitrogen and oxygen atoms in total. The number of benzene rings is 1. The van der Waals surface area contributed by atoms with Crippen LogP contribution in [0.25, 0.3) is 10.9 Å². The summed E-state index contributed by atoms with van der Waals surface area (Å²) in [6.45, 7) is 7.49. The van der Waals surface area contributed by atoms with Crippen molar-refractivity contribution < 1.29 is 0 Å². The highest BCUT2D eigenvalue weighted by molar-refractivity contribution is 6.31. The number of piperazine rings is 1. The largest absolute Gasteiger partial charge is 0.368 e. The zero-order chi connectivity index (χ0) is 13.5. The molecule has 1 aromatic heterocycles. The molecule has 1 aromatic carbocycles. The molecule has 19 heavy (non-hydrogen) atoms. The summed E-state index contributed by atoms with van der Waals surface area (Å²) >= 11 is 6.04. The third-order valence-electron chi connectivity index (χ3n) is 3.59. The number of aromatic nitrogens is 1. The third-order valence-corrected chi connectivity index (χ3v) is 3.83. The minimum Gasteiger partial charge on any atom is -0.368 e. The summed E-state index contributed by atoms with van der Waals surface area (Å²) in [4.78, 5) is 6.83. The quantitative estimate of drug-likeness (QED) is 0.867. The van der Waals surface area contributed by atoms with Gasteiger partial charge in [-0.15, -0.1) is 0 Å². The minimum absolute atomic E-state index is 0.139. The van der Waals surface area contributed by atoms with Crippen LogP contribution in [0.5, 0.6) is 0 Å². The summed E-state index contributed by atoms with van der Waals surface area (Å²) in [5.74, 6) is 0. The Hall–Kier alpha value is -1.32. The van der Waals surface area contributed by atoms with Gasteiger partial charge in [-0.2, -0.15) is 0 Å². The second-order valence-corrected chi connectivity index (χ2v) is 6.16. The Morgan fingerprint density at radius 3 is 2.95 bits per heavy atom. The number of anilines is 1. The molecular weight excluding hydrogens is 258 g/mol. The van der Waals surface area contributed by atoms with E-state index in [4.69, 9.17) is 11.6 Å². The van der Waals surface area contributed by atoms with Crippen molar-refractivity contribution in [3.05, 3.63) is 35.5 Å². The predicted octanol–water partition coefficient (Wildman–Crippen LogP) is 3.08. The van der Waals surface area contributed by atoms with Crippen LogP contribution >= 0.6 is 11.6 Å². The van der Waals surface area contributed by atoms with Crippen molar-refractivity contribution in [2.24, 2.45) is 0 Å². The summed E-state index contributed by atoms with van der Waals surface area (Å²) in [6.07, 6.45) is 1.86. The van der Waals surface area contributed by atoms with E-state index < -0.39 is 0 Å². The summed E-state index contributed by atoms with van der Waals surface area (Å²) in [7, 11) is 0. The average Bonchev–Trinajstić information content (AvgIpc) is 2.36. The van der Waals surface area contributed by atoms with Crippen molar-refractivity contribution in [3.63, 3.8) is 0 Å². The standard InChI is InChI=1S/C15H18ClN3/c1-15(2)10-19(8-7-18-15)14-5-6-17-13-9-11(16)3-4-12(13)14/h3-6,9,18H,7-8,10H2,1-2H3. The van der Waals surface area contributed by atoms with E-state index in [1.807, 2.05) is 18.3 Å². The first-order valence-corrected chi connectivity index (χ1v) is 6.97. The molecule has 0 atom stereocenters. The van der Waals surface area contributed by atoms with Gasteiger partial charge >= 0.3 is 0 Å². The van der Waals surface area contributed by atoms with Gasteiger partial charge < -0.3 is 10.2 Å². The van der Waals surface area contributed by atoms with E-state index >= 15 is 0 Å². The van der Waals surface area contributed by atoms with Crippen molar-refractivity contribution in [2.45, 2.75) is 19.4 Å². The van der Waals surface area contributed by atoms with Gasteiger partial charge in [0.25, 0.3) is 0 Å². The van der Waals surface area contributed by atoms with Crippen LogP contribution in [0.15, 0.2) is 30.5 Å². The second kappa shape index (κ2) is 4.66. The van der Waals surface area contributed by atoms with Crippen LogP contribution in [0.3, 0.4) is 0 Å². The maximum Gasteiger partial charge on any atom is 0.0737 e. The highest BCUT2D eigenvalue weighted by Crippen LogP contribution is 2.29. The van der Waals surface area contributed by atoms with Crippen molar-refractivity contribution in [1.29, 1.82) is 0 Å². The SMILES string of the molecule is CC1(C)CN(c2ccnc3cc(Cl)ccc23)CCN1. The monoisotopic (exact) mass is 275 g/mol. The molecule has 1 aliphatic heterocycles. The maximum absolute atomic E-state index is 6.04. The lowest BCUT2D eigenvalue weighted by atomic mass is 10.0. The third kappa shape index (κ3) is 2.53. The average molecular weight is 276 g/mol. The van der Waals surface area contributed by atoms with E-state index in [0.717, 1.165) is 30.2 Å². The second-order valence-electron chi connectivity index (χ2n) is 5.72. The molecule has 1 N–H and O–H groups in total. The van der Waals surface area contributed by atoms with Crippen molar-refractivity contribution in [2.75, 3.05) is 24.5 Å². The molecule has 2 aromatic rings. The molecule has 1 saturated heterocycles. The first-order chi connectivity index (χ1) is 9.05. The van der Waals surface area contributed by atoms with Gasteiger partial charge in [0.15, 0.2) is 0 Å². The Balaban J connectivity index is 2.05. The van der Waals surface area contributed by atoms with E-state index in [2.05, 4.69) is 41.2 Å². The number of hydrogen-bond donors (Lipinski definition) is 1. The summed E-state index contributed by atoms with van der Waals surface area (Å²) in [5, 5.41) is 5.44. The molecule has 0 radical (unpaired) electrons. The van der Waals surface area contributed by atoms with Crippen LogP contribution in [0.2, 0.25) is 5.02 Å². The molecule has 2 heterocycles. The number of pyridine rings is 1. The number of hydrogen-bond acceptors (Lipinski definition) is 3. The van der Waals surface area contributed by atoms with Gasteiger partial charge in [-0.1, -0.05) is 11.6 Å². The fourth-order valence-corrected chi connectivity index (χ4v) is 2.90. The number of fused-ring (bicyclic) bond motifs is 1. The first-order valence-electron chi connectivity index (χ1n) is 6.59. The van der Waals surface area contributed by atoms with Gasteiger partial charge in [0.2, 0.25) is 0 Å². The van der Waals surface area contributed by atoms with E-state index in [0.29, 0.717) is 0 Å². The zero-order valence-electron chi connectivity index (χ0n) is 11.3. The topological polar surface area (TPSA) is 28.2 Å². The van der Waals surface area contributed by atoms with Gasteiger partial charge in [-0.05, 0) is 38.1 Å². The highest BCUT2D eigenvalue weighted by Gasteiger charge is 2.26. The summed E-state index contributed by atoms with van der Waals surface area (Å²) < 4.78 is 0. The van der Waals surface area contributed by atoms with Crippen LogP contribution in [0.4, 0.5) is 5.69 Å². The lowest BCUT2D eigenvalue weighted by Gasteiger charge is -2.40. The predicted molar refractivity (Wildman–Crippen MR) is 81.0 cm³/mol. The molecule has 0 spiro atoms. The Bertz CT molecular complexity index is 609. The molecule has 3 rings (SSSR count). The number of halogens is 1. The molecule has 0 unspecified atom stereocenters. The summed E-state index contributed by atoms with van der Waals surface area (Å²) in [6, 6.07) is 8.02. The fraction of sp³-hybridized carbons (Fsp3) is 0.400. The molecule has 4 heteroatoms. The van der Waals surface area contributed by atoms with Crippen LogP contribution in [0.1, 0.15) is 13.8 Å². The normalized spacial score (nSPS) is 18.8. The van der Waals surface area contributed by atoms with E-state index in [9.17, 15) is 0 Å². The van der Waals surface area contributed by atoms with Crippen LogP contribution in [-0.4, -0.2) is 30.2 Å². The molecule has 0 amide bonds. The van der Waals surface area contributed by atoms with Gasteiger partial charge in [-0.3, -0.25) is 4.98 Å². The molecule has 0 aliphatic carbocycles.